The summed E-state index contributed by atoms with van der Waals surface area (Å²) in [5.41, 5.74) is 1.41. The first-order valence-electron chi connectivity index (χ1n) is 6.75. The van der Waals surface area contributed by atoms with Gasteiger partial charge in [-0.1, -0.05) is 30.3 Å². The molecule has 0 radical (unpaired) electrons. The molecule has 104 valence electrons. The maximum atomic E-state index is 12.5. The highest BCUT2D eigenvalue weighted by molar-refractivity contribution is 6.00. The Morgan fingerprint density at radius 3 is 2.35 bits per heavy atom. The van der Waals surface area contributed by atoms with E-state index in [1.807, 2.05) is 44.2 Å². The fraction of sp³-hybridized carbons (Fsp3) is 0.250. The Balaban J connectivity index is 2.58. The Hall–Kier alpha value is -2.36. The minimum absolute atomic E-state index is 0.211. The Labute approximate surface area is 118 Å². The number of rotatable bonds is 4. The molecule has 0 aliphatic carbocycles. The van der Waals surface area contributed by atoms with Crippen molar-refractivity contribution in [3.05, 3.63) is 58.5 Å². The van der Waals surface area contributed by atoms with Crippen molar-refractivity contribution in [1.82, 2.24) is 9.88 Å². The van der Waals surface area contributed by atoms with Crippen LogP contribution in [-0.2, 0) is 0 Å². The summed E-state index contributed by atoms with van der Waals surface area (Å²) in [6.45, 7) is 4.97. The first-order valence-corrected chi connectivity index (χ1v) is 6.75. The van der Waals surface area contributed by atoms with E-state index in [-0.39, 0.29) is 17.0 Å². The molecule has 1 N–H and O–H groups in total. The summed E-state index contributed by atoms with van der Waals surface area (Å²) in [6.07, 6.45) is 1.57. The van der Waals surface area contributed by atoms with E-state index in [4.69, 9.17) is 0 Å². The first kappa shape index (κ1) is 14.1. The monoisotopic (exact) mass is 270 g/mol. The molecule has 0 bridgehead atoms. The van der Waals surface area contributed by atoms with Gasteiger partial charge in [-0.05, 0) is 25.5 Å². The van der Waals surface area contributed by atoms with Crippen LogP contribution in [0.4, 0.5) is 0 Å². The van der Waals surface area contributed by atoms with Crippen molar-refractivity contribution in [3.63, 3.8) is 0 Å². The van der Waals surface area contributed by atoms with Gasteiger partial charge in [0, 0.05) is 24.8 Å². The van der Waals surface area contributed by atoms with E-state index in [1.165, 1.54) is 0 Å². The molecular weight excluding hydrogens is 252 g/mol. The number of nitrogens with zero attached hydrogens (tertiary/aromatic N) is 1. The maximum absolute atomic E-state index is 12.5. The predicted molar refractivity (Wildman–Crippen MR) is 79.8 cm³/mol. The van der Waals surface area contributed by atoms with Gasteiger partial charge in [0.05, 0.1) is 0 Å². The zero-order valence-corrected chi connectivity index (χ0v) is 11.7. The van der Waals surface area contributed by atoms with Crippen molar-refractivity contribution in [2.24, 2.45) is 0 Å². The van der Waals surface area contributed by atoms with Crippen LogP contribution in [0.5, 0.6) is 0 Å². The predicted octanol–water partition coefficient (Wildman–Crippen LogP) is 2.52. The number of hydrogen-bond donors (Lipinski definition) is 1. The summed E-state index contributed by atoms with van der Waals surface area (Å²) in [7, 11) is 0. The molecule has 0 aliphatic heterocycles. The van der Waals surface area contributed by atoms with E-state index < -0.39 is 0 Å². The Bertz CT molecular complexity index is 643. The van der Waals surface area contributed by atoms with E-state index in [1.54, 1.807) is 17.2 Å². The average molecular weight is 270 g/mol. The normalized spacial score (nSPS) is 10.3. The van der Waals surface area contributed by atoms with Crippen LogP contribution in [0.15, 0.2) is 47.4 Å². The summed E-state index contributed by atoms with van der Waals surface area (Å²) >= 11 is 0. The third kappa shape index (κ3) is 2.64. The molecule has 4 nitrogen and oxygen atoms in total. The Morgan fingerprint density at radius 1 is 1.10 bits per heavy atom. The standard InChI is InChI=1S/C16H18N2O2/c1-3-18(4-2)16(20)14-13(10-11-17-15(14)19)12-8-6-5-7-9-12/h5-11H,3-4H2,1-2H3,(H,17,19). The molecule has 0 saturated heterocycles. The Morgan fingerprint density at radius 2 is 1.75 bits per heavy atom. The molecule has 0 spiro atoms. The zero-order valence-electron chi connectivity index (χ0n) is 11.7. The molecule has 1 aromatic heterocycles. The van der Waals surface area contributed by atoms with Gasteiger partial charge in [0.1, 0.15) is 5.56 Å². The number of H-pyrrole nitrogens is 1. The molecule has 1 aromatic carbocycles. The van der Waals surface area contributed by atoms with Crippen LogP contribution in [0.25, 0.3) is 11.1 Å². The number of amides is 1. The molecule has 0 fully saturated rings. The van der Waals surface area contributed by atoms with Gasteiger partial charge in [-0.15, -0.1) is 0 Å². The molecule has 1 heterocycles. The van der Waals surface area contributed by atoms with Crippen molar-refractivity contribution in [1.29, 1.82) is 0 Å². The summed E-state index contributed by atoms with van der Waals surface area (Å²) in [6, 6.07) is 11.3. The van der Waals surface area contributed by atoms with Crippen LogP contribution >= 0.6 is 0 Å². The molecule has 0 saturated carbocycles. The van der Waals surface area contributed by atoms with Crippen LogP contribution in [0.2, 0.25) is 0 Å². The van der Waals surface area contributed by atoms with Crippen LogP contribution in [0.3, 0.4) is 0 Å². The topological polar surface area (TPSA) is 53.2 Å². The van der Waals surface area contributed by atoms with Crippen LogP contribution in [0, 0.1) is 0 Å². The molecule has 0 aliphatic rings. The second-order valence-corrected chi connectivity index (χ2v) is 4.44. The third-order valence-electron chi connectivity index (χ3n) is 3.31. The average Bonchev–Trinajstić information content (AvgIpc) is 2.49. The van der Waals surface area contributed by atoms with E-state index >= 15 is 0 Å². The molecule has 0 unspecified atom stereocenters. The van der Waals surface area contributed by atoms with Crippen LogP contribution in [0.1, 0.15) is 24.2 Å². The van der Waals surface area contributed by atoms with Crippen LogP contribution < -0.4 is 5.56 Å². The van der Waals surface area contributed by atoms with Crippen molar-refractivity contribution in [3.8, 4) is 11.1 Å². The largest absolute Gasteiger partial charge is 0.339 e. The van der Waals surface area contributed by atoms with Crippen molar-refractivity contribution >= 4 is 5.91 Å². The van der Waals surface area contributed by atoms with E-state index in [0.717, 1.165) is 5.56 Å². The molecule has 2 rings (SSSR count). The van der Waals surface area contributed by atoms with Crippen LogP contribution in [-0.4, -0.2) is 28.9 Å². The van der Waals surface area contributed by atoms with Crippen molar-refractivity contribution < 1.29 is 4.79 Å². The number of nitrogens with one attached hydrogen (secondary N) is 1. The second-order valence-electron chi connectivity index (χ2n) is 4.44. The van der Waals surface area contributed by atoms with Gasteiger partial charge in [-0.25, -0.2) is 0 Å². The summed E-state index contributed by atoms with van der Waals surface area (Å²) < 4.78 is 0. The molecule has 20 heavy (non-hydrogen) atoms. The van der Waals surface area contributed by atoms with Gasteiger partial charge < -0.3 is 9.88 Å². The number of pyridine rings is 1. The van der Waals surface area contributed by atoms with E-state index in [9.17, 15) is 9.59 Å². The maximum Gasteiger partial charge on any atom is 0.261 e. The highest BCUT2D eigenvalue weighted by Crippen LogP contribution is 2.21. The molecule has 0 atom stereocenters. The number of hydrogen-bond acceptors (Lipinski definition) is 2. The molecule has 1 amide bonds. The summed E-state index contributed by atoms with van der Waals surface area (Å²) in [5, 5.41) is 0. The van der Waals surface area contributed by atoms with Crippen molar-refractivity contribution in [2.45, 2.75) is 13.8 Å². The minimum atomic E-state index is -0.344. The van der Waals surface area contributed by atoms with Gasteiger partial charge >= 0.3 is 0 Å². The Kier molecular flexibility index (Phi) is 4.35. The van der Waals surface area contributed by atoms with E-state index in [2.05, 4.69) is 4.98 Å². The number of aromatic amines is 1. The second kappa shape index (κ2) is 6.19. The first-order chi connectivity index (χ1) is 9.69. The third-order valence-corrected chi connectivity index (χ3v) is 3.31. The number of aromatic nitrogens is 1. The lowest BCUT2D eigenvalue weighted by molar-refractivity contribution is 0.0772. The zero-order chi connectivity index (χ0) is 14.5. The molecule has 2 aromatic rings. The highest BCUT2D eigenvalue weighted by Gasteiger charge is 2.20. The smallest absolute Gasteiger partial charge is 0.261 e. The van der Waals surface area contributed by atoms with Gasteiger partial charge in [0.15, 0.2) is 0 Å². The van der Waals surface area contributed by atoms with Crippen molar-refractivity contribution in [2.75, 3.05) is 13.1 Å². The lowest BCUT2D eigenvalue weighted by atomic mass is 10.0. The SMILES string of the molecule is CCN(CC)C(=O)c1c(-c2ccccc2)cc[nH]c1=O. The fourth-order valence-electron chi connectivity index (χ4n) is 2.22. The molecule has 4 heteroatoms. The number of benzene rings is 1. The number of carbonyl (C=O) groups excluding carboxylic acids is 1. The minimum Gasteiger partial charge on any atom is -0.339 e. The fourth-order valence-corrected chi connectivity index (χ4v) is 2.22. The highest BCUT2D eigenvalue weighted by atomic mass is 16.2. The lowest BCUT2D eigenvalue weighted by Crippen LogP contribution is -2.35. The summed E-state index contributed by atoms with van der Waals surface area (Å²) in [4.78, 5) is 28.9. The quantitative estimate of drug-likeness (QED) is 0.928. The van der Waals surface area contributed by atoms with Gasteiger partial charge in [-0.3, -0.25) is 9.59 Å². The molecular formula is C16H18N2O2. The summed E-state index contributed by atoms with van der Waals surface area (Å²) in [5.74, 6) is -0.226. The van der Waals surface area contributed by atoms with E-state index in [0.29, 0.717) is 18.7 Å². The number of carbonyl (C=O) groups is 1. The van der Waals surface area contributed by atoms with Gasteiger partial charge in [0.2, 0.25) is 0 Å². The van der Waals surface area contributed by atoms with Gasteiger partial charge in [0.25, 0.3) is 11.5 Å². The lowest BCUT2D eigenvalue weighted by Gasteiger charge is -2.19. The van der Waals surface area contributed by atoms with Gasteiger partial charge in [-0.2, -0.15) is 0 Å².